The predicted molar refractivity (Wildman–Crippen MR) is 96.5 cm³/mol. The molecule has 120 valence electrons. The minimum atomic E-state index is -0.435. The summed E-state index contributed by atoms with van der Waals surface area (Å²) in [6.07, 6.45) is 0. The number of ether oxygens (including phenoxy) is 1. The van der Waals surface area contributed by atoms with E-state index in [4.69, 9.17) is 45.3 Å². The fraction of sp³-hybridized carbons (Fsp3) is 0.0667. The summed E-state index contributed by atoms with van der Waals surface area (Å²) in [7, 11) is 0. The summed E-state index contributed by atoms with van der Waals surface area (Å²) in [5, 5.41) is 3.43. The Kier molecular flexibility index (Phi) is 6.07. The Bertz CT molecular complexity index is 768. The van der Waals surface area contributed by atoms with Gasteiger partial charge in [0, 0.05) is 5.56 Å². The lowest BCUT2D eigenvalue weighted by Crippen LogP contribution is -2.34. The van der Waals surface area contributed by atoms with E-state index in [0.29, 0.717) is 26.4 Å². The van der Waals surface area contributed by atoms with Crippen LogP contribution in [-0.4, -0.2) is 11.0 Å². The van der Waals surface area contributed by atoms with Crippen LogP contribution in [0.3, 0.4) is 0 Å². The van der Waals surface area contributed by atoms with Crippen molar-refractivity contribution in [2.24, 2.45) is 5.73 Å². The third kappa shape index (κ3) is 4.97. The molecule has 0 aliphatic rings. The van der Waals surface area contributed by atoms with E-state index in [1.807, 2.05) is 0 Å². The maximum absolute atomic E-state index is 11.8. The van der Waals surface area contributed by atoms with E-state index in [2.05, 4.69) is 17.5 Å². The van der Waals surface area contributed by atoms with Gasteiger partial charge in [-0.2, -0.15) is 0 Å². The summed E-state index contributed by atoms with van der Waals surface area (Å²) >= 11 is 22.5. The highest BCUT2D eigenvalue weighted by molar-refractivity contribution is 7.80. The molecule has 0 atom stereocenters. The number of benzene rings is 2. The number of amides is 1. The number of halogens is 3. The normalized spacial score (nSPS) is 10.2. The Morgan fingerprint density at radius 3 is 2.43 bits per heavy atom. The van der Waals surface area contributed by atoms with Gasteiger partial charge >= 0.3 is 0 Å². The highest BCUT2D eigenvalue weighted by Crippen LogP contribution is 2.27. The molecular weight excluding hydrogens is 379 g/mol. The zero-order valence-corrected chi connectivity index (χ0v) is 14.7. The minimum absolute atomic E-state index is 0.105. The number of rotatable bonds is 4. The van der Waals surface area contributed by atoms with Crippen LogP contribution in [0.4, 0.5) is 0 Å². The van der Waals surface area contributed by atoms with Crippen molar-refractivity contribution in [3.8, 4) is 5.75 Å². The van der Waals surface area contributed by atoms with Crippen molar-refractivity contribution in [2.75, 3.05) is 0 Å². The van der Waals surface area contributed by atoms with Gasteiger partial charge in [0.25, 0.3) is 5.91 Å². The van der Waals surface area contributed by atoms with Crippen molar-refractivity contribution in [3.63, 3.8) is 0 Å². The molecule has 23 heavy (non-hydrogen) atoms. The predicted octanol–water partition coefficient (Wildman–Crippen LogP) is 4.20. The first-order valence-corrected chi connectivity index (χ1v) is 7.88. The zero-order chi connectivity index (χ0) is 17.0. The molecule has 0 heterocycles. The quantitative estimate of drug-likeness (QED) is 0.769. The molecule has 0 bridgehead atoms. The van der Waals surface area contributed by atoms with Crippen LogP contribution in [0.15, 0.2) is 36.4 Å². The number of hydrogen-bond donors (Lipinski definition) is 2. The molecule has 0 spiro atoms. The molecule has 0 aliphatic heterocycles. The number of carbonyl (C=O) groups excluding carboxylic acids is 1. The van der Waals surface area contributed by atoms with E-state index in [1.54, 1.807) is 30.3 Å². The van der Waals surface area contributed by atoms with Crippen LogP contribution in [0.25, 0.3) is 0 Å². The van der Waals surface area contributed by atoms with E-state index in [1.165, 1.54) is 6.07 Å². The van der Waals surface area contributed by atoms with Crippen molar-refractivity contribution in [2.45, 2.75) is 6.61 Å². The molecule has 0 aliphatic carbocycles. The summed E-state index contributed by atoms with van der Waals surface area (Å²) in [4.78, 5) is 11.8. The third-order valence-electron chi connectivity index (χ3n) is 2.81. The Morgan fingerprint density at radius 2 is 1.83 bits per heavy atom. The van der Waals surface area contributed by atoms with Crippen molar-refractivity contribution in [1.82, 2.24) is 5.32 Å². The number of hydrogen-bond acceptors (Lipinski definition) is 3. The summed E-state index contributed by atoms with van der Waals surface area (Å²) < 4.78 is 5.62. The van der Waals surface area contributed by atoms with E-state index in [9.17, 15) is 4.79 Å². The van der Waals surface area contributed by atoms with Gasteiger partial charge < -0.3 is 10.5 Å². The molecule has 1 amide bonds. The van der Waals surface area contributed by atoms with Crippen molar-refractivity contribution >= 4 is 58.0 Å². The highest BCUT2D eigenvalue weighted by Gasteiger charge is 2.10. The molecule has 0 saturated heterocycles. The van der Waals surface area contributed by atoms with Crippen LogP contribution in [0.2, 0.25) is 15.1 Å². The lowest BCUT2D eigenvalue weighted by atomic mass is 10.2. The molecule has 2 aromatic carbocycles. The Balaban J connectivity index is 2.07. The van der Waals surface area contributed by atoms with Gasteiger partial charge in [-0.1, -0.05) is 40.9 Å². The van der Waals surface area contributed by atoms with Gasteiger partial charge in [0.2, 0.25) is 0 Å². The zero-order valence-electron chi connectivity index (χ0n) is 11.6. The van der Waals surface area contributed by atoms with Gasteiger partial charge in [-0.3, -0.25) is 10.1 Å². The van der Waals surface area contributed by atoms with Gasteiger partial charge in [-0.15, -0.1) is 0 Å². The van der Waals surface area contributed by atoms with Gasteiger partial charge in [0.1, 0.15) is 12.4 Å². The molecule has 0 aromatic heterocycles. The van der Waals surface area contributed by atoms with Gasteiger partial charge in [0.15, 0.2) is 5.11 Å². The van der Waals surface area contributed by atoms with Crippen LogP contribution in [0.1, 0.15) is 15.9 Å². The first kappa shape index (κ1) is 17.8. The molecule has 0 radical (unpaired) electrons. The maximum Gasteiger partial charge on any atom is 0.257 e. The van der Waals surface area contributed by atoms with E-state index in [0.717, 1.165) is 5.56 Å². The number of thiocarbonyl (C=S) groups is 1. The Morgan fingerprint density at radius 1 is 1.09 bits per heavy atom. The SMILES string of the molecule is NC(=S)NC(=O)c1ccc(OCc2ccc(Cl)c(Cl)c2)c(Cl)c1. The smallest absolute Gasteiger partial charge is 0.257 e. The average Bonchev–Trinajstić information content (AvgIpc) is 2.48. The molecule has 8 heteroatoms. The second-order valence-electron chi connectivity index (χ2n) is 4.50. The second kappa shape index (κ2) is 7.84. The van der Waals surface area contributed by atoms with E-state index >= 15 is 0 Å². The lowest BCUT2D eigenvalue weighted by Gasteiger charge is -2.10. The summed E-state index contributed by atoms with van der Waals surface area (Å²) in [6.45, 7) is 0.259. The fourth-order valence-corrected chi connectivity index (χ4v) is 2.38. The van der Waals surface area contributed by atoms with Crippen molar-refractivity contribution < 1.29 is 9.53 Å². The molecule has 0 unspecified atom stereocenters. The van der Waals surface area contributed by atoms with Crippen LogP contribution < -0.4 is 15.8 Å². The van der Waals surface area contributed by atoms with Crippen molar-refractivity contribution in [3.05, 3.63) is 62.6 Å². The number of nitrogens with two attached hydrogens (primary N) is 1. The van der Waals surface area contributed by atoms with Crippen molar-refractivity contribution in [1.29, 1.82) is 0 Å². The summed E-state index contributed by atoms with van der Waals surface area (Å²) in [6, 6.07) is 9.82. The highest BCUT2D eigenvalue weighted by atomic mass is 35.5. The Hall–Kier alpha value is -1.53. The minimum Gasteiger partial charge on any atom is -0.487 e. The monoisotopic (exact) mass is 388 g/mol. The molecule has 2 aromatic rings. The Labute approximate surface area is 153 Å². The standard InChI is InChI=1S/C15H11Cl3N2O2S/c16-10-3-1-8(5-11(10)17)7-22-13-4-2-9(6-12(13)18)14(21)20-15(19)23/h1-6H,7H2,(H3,19,20,21,23). The molecule has 4 nitrogen and oxygen atoms in total. The maximum atomic E-state index is 11.8. The number of nitrogens with one attached hydrogen (secondary N) is 1. The fourth-order valence-electron chi connectivity index (χ4n) is 1.73. The largest absolute Gasteiger partial charge is 0.487 e. The molecule has 0 saturated carbocycles. The lowest BCUT2D eigenvalue weighted by molar-refractivity contribution is 0.0977. The number of carbonyl (C=O) groups is 1. The summed E-state index contributed by atoms with van der Waals surface area (Å²) in [5.41, 5.74) is 6.42. The first-order chi connectivity index (χ1) is 10.9. The topological polar surface area (TPSA) is 64.3 Å². The van der Waals surface area contributed by atoms with Crippen LogP contribution in [0.5, 0.6) is 5.75 Å². The molecular formula is C15H11Cl3N2O2S. The van der Waals surface area contributed by atoms with E-state index in [-0.39, 0.29) is 11.7 Å². The molecule has 0 fully saturated rings. The van der Waals surface area contributed by atoms with Crippen LogP contribution >= 0.6 is 47.0 Å². The third-order valence-corrected chi connectivity index (χ3v) is 3.95. The van der Waals surface area contributed by atoms with Gasteiger partial charge in [-0.25, -0.2) is 0 Å². The summed E-state index contributed by atoms with van der Waals surface area (Å²) in [5.74, 6) is 0.0000437. The van der Waals surface area contributed by atoms with Gasteiger partial charge in [0.05, 0.1) is 15.1 Å². The van der Waals surface area contributed by atoms with Gasteiger partial charge in [-0.05, 0) is 48.1 Å². The van der Waals surface area contributed by atoms with Crippen LogP contribution in [0, 0.1) is 0 Å². The van der Waals surface area contributed by atoms with E-state index < -0.39 is 5.91 Å². The molecule has 3 N–H and O–H groups in total. The first-order valence-electron chi connectivity index (χ1n) is 6.34. The second-order valence-corrected chi connectivity index (χ2v) is 6.16. The molecule has 2 rings (SSSR count). The van der Waals surface area contributed by atoms with Crippen LogP contribution in [-0.2, 0) is 6.61 Å². The average molecular weight is 390 g/mol.